The molecule has 9 nitrogen and oxygen atoms in total. The van der Waals surface area contributed by atoms with Crippen molar-refractivity contribution in [2.24, 2.45) is 0 Å². The molecule has 1 N–H and O–H groups in total. The molecule has 1 amide bonds. The lowest BCUT2D eigenvalue weighted by Gasteiger charge is -2.26. The number of amides is 1. The quantitative estimate of drug-likeness (QED) is 0.534. The molecule has 174 valence electrons. The van der Waals surface area contributed by atoms with Gasteiger partial charge in [0, 0.05) is 31.5 Å². The molecular formula is C24H28N4O5. The monoisotopic (exact) mass is 452 g/mol. The molecule has 0 spiro atoms. The van der Waals surface area contributed by atoms with Gasteiger partial charge in [-0.1, -0.05) is 18.2 Å². The standard InChI is InChI=1S/C24H28N4O5/c1-30-21-7-4-8-22(31-2)23(21)33-17-28-10-9-20(26-28)24(29)25-19-6-3-5-18(15-19)16-27-11-13-32-14-12-27/h3-10,15H,11-14,16-17H2,1-2H3,(H,25,29). The first-order valence-electron chi connectivity index (χ1n) is 10.7. The third kappa shape index (κ3) is 5.82. The molecule has 3 aromatic rings. The zero-order valence-corrected chi connectivity index (χ0v) is 18.8. The summed E-state index contributed by atoms with van der Waals surface area (Å²) in [5.41, 5.74) is 2.17. The summed E-state index contributed by atoms with van der Waals surface area (Å²) >= 11 is 0. The van der Waals surface area contributed by atoms with Crippen LogP contribution >= 0.6 is 0 Å². The van der Waals surface area contributed by atoms with Gasteiger partial charge in [0.25, 0.3) is 5.91 Å². The summed E-state index contributed by atoms with van der Waals surface area (Å²) in [5, 5.41) is 7.24. The maximum atomic E-state index is 12.7. The third-order valence-corrected chi connectivity index (χ3v) is 5.29. The van der Waals surface area contributed by atoms with Crippen molar-refractivity contribution < 1.29 is 23.7 Å². The molecule has 1 aliphatic rings. The van der Waals surface area contributed by atoms with Gasteiger partial charge in [0.05, 0.1) is 27.4 Å². The van der Waals surface area contributed by atoms with Gasteiger partial charge in [-0.25, -0.2) is 4.68 Å². The van der Waals surface area contributed by atoms with Gasteiger partial charge in [0.15, 0.2) is 23.9 Å². The first-order chi connectivity index (χ1) is 16.2. The third-order valence-electron chi connectivity index (χ3n) is 5.29. The summed E-state index contributed by atoms with van der Waals surface area (Å²) in [7, 11) is 3.13. The van der Waals surface area contributed by atoms with Crippen LogP contribution in [0.3, 0.4) is 0 Å². The van der Waals surface area contributed by atoms with Gasteiger partial charge in [-0.3, -0.25) is 9.69 Å². The van der Waals surface area contributed by atoms with Crippen LogP contribution in [0.5, 0.6) is 17.2 Å². The van der Waals surface area contributed by atoms with Gasteiger partial charge in [-0.05, 0) is 35.9 Å². The molecule has 0 unspecified atom stereocenters. The zero-order chi connectivity index (χ0) is 23.0. The fourth-order valence-electron chi connectivity index (χ4n) is 3.60. The van der Waals surface area contributed by atoms with Crippen molar-refractivity contribution in [3.05, 3.63) is 66.0 Å². The molecule has 2 heterocycles. The highest BCUT2D eigenvalue weighted by Crippen LogP contribution is 2.36. The van der Waals surface area contributed by atoms with E-state index >= 15 is 0 Å². The van der Waals surface area contributed by atoms with Gasteiger partial charge in [0.1, 0.15) is 0 Å². The van der Waals surface area contributed by atoms with Gasteiger partial charge >= 0.3 is 0 Å². The Morgan fingerprint density at radius 2 is 1.79 bits per heavy atom. The molecule has 1 fully saturated rings. The summed E-state index contributed by atoms with van der Waals surface area (Å²) in [6.07, 6.45) is 1.69. The van der Waals surface area contributed by atoms with Crippen LogP contribution in [0.2, 0.25) is 0 Å². The Bertz CT molecular complexity index is 1060. The fourth-order valence-corrected chi connectivity index (χ4v) is 3.60. The van der Waals surface area contributed by atoms with Gasteiger partial charge in [-0.2, -0.15) is 5.10 Å². The number of carbonyl (C=O) groups excluding carboxylic acids is 1. The lowest BCUT2D eigenvalue weighted by atomic mass is 10.2. The molecule has 33 heavy (non-hydrogen) atoms. The average Bonchev–Trinajstić information content (AvgIpc) is 3.32. The van der Waals surface area contributed by atoms with E-state index < -0.39 is 0 Å². The van der Waals surface area contributed by atoms with Crippen LogP contribution in [0.15, 0.2) is 54.7 Å². The van der Waals surface area contributed by atoms with Gasteiger partial charge < -0.3 is 24.3 Å². The molecule has 0 radical (unpaired) electrons. The van der Waals surface area contributed by atoms with E-state index in [2.05, 4.69) is 21.4 Å². The number of nitrogens with one attached hydrogen (secondary N) is 1. The normalized spacial score (nSPS) is 14.0. The first kappa shape index (κ1) is 22.6. The Morgan fingerprint density at radius 3 is 2.52 bits per heavy atom. The van der Waals surface area contributed by atoms with Crippen molar-refractivity contribution >= 4 is 11.6 Å². The number of carbonyl (C=O) groups is 1. The Hall–Kier alpha value is -3.56. The Morgan fingerprint density at radius 1 is 1.06 bits per heavy atom. The Kier molecular flexibility index (Phi) is 7.43. The molecular weight excluding hydrogens is 424 g/mol. The molecule has 0 bridgehead atoms. The molecule has 0 saturated carbocycles. The number of hydrogen-bond acceptors (Lipinski definition) is 7. The van der Waals surface area contributed by atoms with E-state index in [9.17, 15) is 4.79 Å². The fraction of sp³-hybridized carbons (Fsp3) is 0.333. The number of para-hydroxylation sites is 1. The van der Waals surface area contributed by atoms with Crippen LogP contribution in [0, 0.1) is 0 Å². The molecule has 0 atom stereocenters. The topological polar surface area (TPSA) is 87.1 Å². The maximum absolute atomic E-state index is 12.7. The van der Waals surface area contributed by atoms with Crippen LogP contribution in [0.4, 0.5) is 5.69 Å². The van der Waals surface area contributed by atoms with E-state index in [1.807, 2.05) is 24.3 Å². The van der Waals surface area contributed by atoms with Crippen molar-refractivity contribution in [2.75, 3.05) is 45.8 Å². The SMILES string of the molecule is COc1cccc(OC)c1OCn1ccc(C(=O)Nc2cccc(CN3CCOCC3)c2)n1. The predicted molar refractivity (Wildman–Crippen MR) is 123 cm³/mol. The average molecular weight is 453 g/mol. The summed E-state index contributed by atoms with van der Waals surface area (Å²) < 4.78 is 23.5. The van der Waals surface area contributed by atoms with Crippen molar-refractivity contribution in [3.63, 3.8) is 0 Å². The number of aromatic nitrogens is 2. The lowest BCUT2D eigenvalue weighted by Crippen LogP contribution is -2.35. The van der Waals surface area contributed by atoms with E-state index in [4.69, 9.17) is 18.9 Å². The number of morpholine rings is 1. The predicted octanol–water partition coefficient (Wildman–Crippen LogP) is 3.02. The number of nitrogens with zero attached hydrogens (tertiary/aromatic N) is 3. The highest BCUT2D eigenvalue weighted by molar-refractivity contribution is 6.02. The number of hydrogen-bond donors (Lipinski definition) is 1. The summed E-state index contributed by atoms with van der Waals surface area (Å²) in [5.74, 6) is 1.29. The molecule has 9 heteroatoms. The molecule has 1 aromatic heterocycles. The number of anilines is 1. The van der Waals surface area contributed by atoms with Gasteiger partial charge in [0.2, 0.25) is 5.75 Å². The van der Waals surface area contributed by atoms with Crippen molar-refractivity contribution in [3.8, 4) is 17.2 Å². The van der Waals surface area contributed by atoms with Crippen LogP contribution < -0.4 is 19.5 Å². The highest BCUT2D eigenvalue weighted by Gasteiger charge is 2.15. The number of methoxy groups -OCH3 is 2. The molecule has 4 rings (SSSR count). The van der Waals surface area contributed by atoms with E-state index in [1.54, 1.807) is 38.6 Å². The summed E-state index contributed by atoms with van der Waals surface area (Å²) in [4.78, 5) is 15.0. The second-order valence-corrected chi connectivity index (χ2v) is 7.55. The van der Waals surface area contributed by atoms with E-state index in [0.717, 1.165) is 44.1 Å². The smallest absolute Gasteiger partial charge is 0.276 e. The summed E-state index contributed by atoms with van der Waals surface area (Å²) in [6.45, 7) is 4.26. The largest absolute Gasteiger partial charge is 0.493 e. The number of benzene rings is 2. The number of rotatable bonds is 9. The van der Waals surface area contributed by atoms with Gasteiger partial charge in [-0.15, -0.1) is 0 Å². The van der Waals surface area contributed by atoms with Crippen LogP contribution in [0.25, 0.3) is 0 Å². The van der Waals surface area contributed by atoms with E-state index in [0.29, 0.717) is 22.9 Å². The second-order valence-electron chi connectivity index (χ2n) is 7.55. The van der Waals surface area contributed by atoms with Crippen molar-refractivity contribution in [2.45, 2.75) is 13.3 Å². The van der Waals surface area contributed by atoms with Crippen molar-refractivity contribution in [1.82, 2.24) is 14.7 Å². The van der Waals surface area contributed by atoms with E-state index in [-0.39, 0.29) is 12.6 Å². The summed E-state index contributed by atoms with van der Waals surface area (Å²) in [6, 6.07) is 14.9. The second kappa shape index (κ2) is 10.8. The lowest BCUT2D eigenvalue weighted by molar-refractivity contribution is 0.0342. The molecule has 1 saturated heterocycles. The minimum absolute atomic E-state index is 0.0963. The minimum atomic E-state index is -0.285. The van der Waals surface area contributed by atoms with Crippen LogP contribution in [-0.2, 0) is 18.0 Å². The molecule has 2 aromatic carbocycles. The maximum Gasteiger partial charge on any atom is 0.276 e. The van der Waals surface area contributed by atoms with E-state index in [1.165, 1.54) is 4.68 Å². The Labute approximate surface area is 192 Å². The zero-order valence-electron chi connectivity index (χ0n) is 18.8. The Balaban J connectivity index is 1.36. The highest BCUT2D eigenvalue weighted by atomic mass is 16.5. The number of ether oxygens (including phenoxy) is 4. The molecule has 1 aliphatic heterocycles. The first-order valence-corrected chi connectivity index (χ1v) is 10.7. The minimum Gasteiger partial charge on any atom is -0.493 e. The molecule has 0 aliphatic carbocycles. The van der Waals surface area contributed by atoms with Crippen molar-refractivity contribution in [1.29, 1.82) is 0 Å². The van der Waals surface area contributed by atoms with Crippen LogP contribution in [-0.4, -0.2) is 61.1 Å². The van der Waals surface area contributed by atoms with Crippen LogP contribution in [0.1, 0.15) is 16.1 Å².